The highest BCUT2D eigenvalue weighted by Gasteiger charge is 2.25. The Kier molecular flexibility index (Phi) is 4.37. The van der Waals surface area contributed by atoms with Crippen LogP contribution in [-0.4, -0.2) is 51.6 Å². The molecule has 0 spiro atoms. The van der Waals surface area contributed by atoms with Crippen molar-refractivity contribution in [3.63, 3.8) is 0 Å². The Balaban J connectivity index is 2.19. The number of nitrogens with one attached hydrogen (secondary N) is 1. The quantitative estimate of drug-likeness (QED) is 0.641. The van der Waals surface area contributed by atoms with Gasteiger partial charge in [0.1, 0.15) is 17.6 Å². The number of rotatable bonds is 4. The van der Waals surface area contributed by atoms with Gasteiger partial charge in [0.05, 0.1) is 4.92 Å². The van der Waals surface area contributed by atoms with E-state index in [-0.39, 0.29) is 23.1 Å². The lowest BCUT2D eigenvalue weighted by molar-refractivity contribution is -0.385. The molecule has 0 aliphatic carbocycles. The maximum absolute atomic E-state index is 11.2. The summed E-state index contributed by atoms with van der Waals surface area (Å²) in [6, 6.07) is 1.54. The Morgan fingerprint density at radius 3 is 2.90 bits per heavy atom. The second-order valence-electron chi connectivity index (χ2n) is 5.35. The van der Waals surface area contributed by atoms with E-state index < -0.39 is 10.9 Å². The second kappa shape index (κ2) is 6.04. The summed E-state index contributed by atoms with van der Waals surface area (Å²) in [5.41, 5.74) is -0.495. The molecule has 1 aromatic rings. The van der Waals surface area contributed by atoms with E-state index in [0.29, 0.717) is 6.04 Å². The number of hydrogen-bond acceptors (Lipinski definition) is 6. The molecular weight excluding hydrogens is 276 g/mol. The lowest BCUT2D eigenvalue weighted by Gasteiger charge is -2.35. The Morgan fingerprint density at radius 2 is 2.33 bits per heavy atom. The Bertz CT molecular complexity index is 563. The number of anilines is 1. The smallest absolute Gasteiger partial charge is 0.339 e. The van der Waals surface area contributed by atoms with E-state index in [4.69, 9.17) is 0 Å². The molecule has 8 heteroatoms. The predicted octanol–water partition coefficient (Wildman–Crippen LogP) is 1.58. The molecule has 0 radical (unpaired) electrons. The molecule has 1 fully saturated rings. The number of carbonyl (C=O) groups is 1. The standard InChI is InChI=1S/C13H18N4O4/c1-8-5-9(3-4-16(8)2)15-12-11(13(18)19)6-10(7-14-12)17(20)21/h6-9H,3-5H2,1-2H3,(H,14,15)(H,18,19). The molecule has 2 rings (SSSR count). The van der Waals surface area contributed by atoms with Gasteiger partial charge in [0.2, 0.25) is 0 Å². The van der Waals surface area contributed by atoms with Crippen molar-refractivity contribution in [1.29, 1.82) is 0 Å². The van der Waals surface area contributed by atoms with Crippen molar-refractivity contribution in [2.45, 2.75) is 31.8 Å². The van der Waals surface area contributed by atoms with E-state index in [1.807, 2.05) is 7.05 Å². The molecule has 0 aromatic carbocycles. The average Bonchev–Trinajstić information content (AvgIpc) is 2.43. The van der Waals surface area contributed by atoms with Gasteiger partial charge in [-0.15, -0.1) is 0 Å². The average molecular weight is 294 g/mol. The molecule has 1 aliphatic heterocycles. The van der Waals surface area contributed by atoms with Gasteiger partial charge in [-0.05, 0) is 26.8 Å². The van der Waals surface area contributed by atoms with Crippen LogP contribution < -0.4 is 5.32 Å². The van der Waals surface area contributed by atoms with Gasteiger partial charge in [-0.2, -0.15) is 0 Å². The van der Waals surface area contributed by atoms with E-state index in [0.717, 1.165) is 31.6 Å². The van der Waals surface area contributed by atoms with Crippen LogP contribution in [-0.2, 0) is 0 Å². The molecular formula is C13H18N4O4. The largest absolute Gasteiger partial charge is 0.478 e. The first-order chi connectivity index (χ1) is 9.88. The highest BCUT2D eigenvalue weighted by molar-refractivity contribution is 5.93. The van der Waals surface area contributed by atoms with E-state index in [1.54, 1.807) is 0 Å². The summed E-state index contributed by atoms with van der Waals surface area (Å²) in [7, 11) is 2.05. The van der Waals surface area contributed by atoms with Gasteiger partial charge < -0.3 is 15.3 Å². The summed E-state index contributed by atoms with van der Waals surface area (Å²) in [4.78, 5) is 27.4. The predicted molar refractivity (Wildman–Crippen MR) is 76.6 cm³/mol. The molecule has 1 aliphatic rings. The van der Waals surface area contributed by atoms with Crippen LogP contribution in [0.1, 0.15) is 30.1 Å². The van der Waals surface area contributed by atoms with Gasteiger partial charge in [-0.25, -0.2) is 9.78 Å². The summed E-state index contributed by atoms with van der Waals surface area (Å²) < 4.78 is 0. The fourth-order valence-electron chi connectivity index (χ4n) is 2.45. The van der Waals surface area contributed by atoms with Crippen LogP contribution in [0.5, 0.6) is 0 Å². The zero-order chi connectivity index (χ0) is 15.6. The number of likely N-dealkylation sites (tertiary alicyclic amines) is 1. The summed E-state index contributed by atoms with van der Waals surface area (Å²) >= 11 is 0. The molecule has 1 saturated heterocycles. The van der Waals surface area contributed by atoms with Crippen LogP contribution in [0.15, 0.2) is 12.3 Å². The van der Waals surface area contributed by atoms with E-state index in [9.17, 15) is 20.0 Å². The van der Waals surface area contributed by atoms with Crippen LogP contribution in [0, 0.1) is 10.1 Å². The topological polar surface area (TPSA) is 109 Å². The number of aromatic carboxylic acids is 1. The summed E-state index contributed by atoms with van der Waals surface area (Å²) in [5.74, 6) is -1.04. The van der Waals surface area contributed by atoms with Crippen LogP contribution >= 0.6 is 0 Å². The molecule has 1 aromatic heterocycles. The molecule has 2 atom stereocenters. The number of carboxylic acid groups (broad SMARTS) is 1. The normalized spacial score (nSPS) is 22.8. The third kappa shape index (κ3) is 3.46. The minimum atomic E-state index is -1.23. The van der Waals surface area contributed by atoms with Crippen LogP contribution in [0.2, 0.25) is 0 Å². The van der Waals surface area contributed by atoms with Crippen LogP contribution in [0.3, 0.4) is 0 Å². The van der Waals surface area contributed by atoms with Gasteiger partial charge in [0.15, 0.2) is 0 Å². The summed E-state index contributed by atoms with van der Waals surface area (Å²) in [6.45, 7) is 3.02. The van der Waals surface area contributed by atoms with Crippen molar-refractivity contribution in [2.75, 3.05) is 18.9 Å². The second-order valence-corrected chi connectivity index (χ2v) is 5.35. The summed E-state index contributed by atoms with van der Waals surface area (Å²) in [6.07, 6.45) is 2.82. The number of aromatic nitrogens is 1. The number of nitro groups is 1. The van der Waals surface area contributed by atoms with Crippen molar-refractivity contribution in [3.05, 3.63) is 27.9 Å². The van der Waals surface area contributed by atoms with Crippen molar-refractivity contribution < 1.29 is 14.8 Å². The molecule has 2 N–H and O–H groups in total. The van der Waals surface area contributed by atoms with Gasteiger partial charge in [-0.3, -0.25) is 10.1 Å². The molecule has 2 heterocycles. The van der Waals surface area contributed by atoms with Crippen molar-refractivity contribution >= 4 is 17.5 Å². The van der Waals surface area contributed by atoms with Crippen molar-refractivity contribution in [3.8, 4) is 0 Å². The van der Waals surface area contributed by atoms with Crippen molar-refractivity contribution in [2.24, 2.45) is 0 Å². The molecule has 2 unspecified atom stereocenters. The van der Waals surface area contributed by atoms with Gasteiger partial charge in [0, 0.05) is 24.7 Å². The van der Waals surface area contributed by atoms with E-state index in [1.165, 1.54) is 0 Å². The third-order valence-corrected chi connectivity index (χ3v) is 3.86. The fraction of sp³-hybridized carbons (Fsp3) is 0.538. The summed E-state index contributed by atoms with van der Waals surface area (Å²) in [5, 5.41) is 23.0. The Morgan fingerprint density at radius 1 is 1.62 bits per heavy atom. The first-order valence-electron chi connectivity index (χ1n) is 6.73. The number of pyridine rings is 1. The molecule has 0 amide bonds. The van der Waals surface area contributed by atoms with Gasteiger partial charge in [-0.1, -0.05) is 0 Å². The Labute approximate surface area is 121 Å². The fourth-order valence-corrected chi connectivity index (χ4v) is 2.45. The zero-order valence-electron chi connectivity index (χ0n) is 11.9. The lowest BCUT2D eigenvalue weighted by atomic mass is 9.99. The maximum Gasteiger partial charge on any atom is 0.339 e. The minimum Gasteiger partial charge on any atom is -0.478 e. The third-order valence-electron chi connectivity index (χ3n) is 3.86. The Hall–Kier alpha value is -2.22. The molecule has 8 nitrogen and oxygen atoms in total. The lowest BCUT2D eigenvalue weighted by Crippen LogP contribution is -2.42. The zero-order valence-corrected chi connectivity index (χ0v) is 11.9. The number of piperidine rings is 1. The first-order valence-corrected chi connectivity index (χ1v) is 6.73. The highest BCUT2D eigenvalue weighted by atomic mass is 16.6. The molecule has 0 bridgehead atoms. The molecule has 0 saturated carbocycles. The van der Waals surface area contributed by atoms with Crippen LogP contribution in [0.4, 0.5) is 11.5 Å². The molecule has 21 heavy (non-hydrogen) atoms. The first kappa shape index (κ1) is 15.2. The van der Waals surface area contributed by atoms with Crippen LogP contribution in [0.25, 0.3) is 0 Å². The highest BCUT2D eigenvalue weighted by Crippen LogP contribution is 2.23. The van der Waals surface area contributed by atoms with Gasteiger partial charge in [0.25, 0.3) is 5.69 Å². The van der Waals surface area contributed by atoms with E-state index in [2.05, 4.69) is 22.1 Å². The number of nitrogens with zero attached hydrogens (tertiary/aromatic N) is 3. The molecule has 114 valence electrons. The van der Waals surface area contributed by atoms with Gasteiger partial charge >= 0.3 is 5.97 Å². The monoisotopic (exact) mass is 294 g/mol. The number of hydrogen-bond donors (Lipinski definition) is 2. The van der Waals surface area contributed by atoms with Crippen molar-refractivity contribution in [1.82, 2.24) is 9.88 Å². The minimum absolute atomic E-state index is 0.114. The SMILES string of the molecule is CC1CC(Nc2ncc([N+](=O)[O-])cc2C(=O)O)CCN1C. The maximum atomic E-state index is 11.2. The van der Waals surface area contributed by atoms with E-state index >= 15 is 0 Å². The number of carboxylic acids is 1.